The van der Waals surface area contributed by atoms with Crippen LogP contribution in [-0.2, 0) is 11.3 Å². The van der Waals surface area contributed by atoms with E-state index in [9.17, 15) is 5.11 Å². The van der Waals surface area contributed by atoms with Crippen molar-refractivity contribution in [2.45, 2.75) is 38.2 Å². The van der Waals surface area contributed by atoms with E-state index in [2.05, 4.69) is 18.9 Å². The number of aromatic nitrogens is 2. The van der Waals surface area contributed by atoms with Gasteiger partial charge in [0.2, 0.25) is 0 Å². The van der Waals surface area contributed by atoms with Crippen molar-refractivity contribution in [2.24, 2.45) is 0 Å². The summed E-state index contributed by atoms with van der Waals surface area (Å²) in [5.74, 6) is 0.632. The highest BCUT2D eigenvalue weighted by molar-refractivity contribution is 7.99. The second-order valence-corrected chi connectivity index (χ2v) is 6.04. The largest absolute Gasteiger partial charge is 0.386 e. The van der Waals surface area contributed by atoms with Gasteiger partial charge >= 0.3 is 0 Å². The Hall–Kier alpha value is -0.230. The third kappa shape index (κ3) is 4.46. The molecule has 1 N–H and O–H groups in total. The molecule has 0 spiro atoms. The molecule has 0 aliphatic carbocycles. The molecule has 18 heavy (non-hydrogen) atoms. The van der Waals surface area contributed by atoms with Crippen molar-refractivity contribution >= 4 is 23.4 Å². The van der Waals surface area contributed by atoms with Crippen LogP contribution >= 0.6 is 23.4 Å². The first-order valence-corrected chi connectivity index (χ1v) is 7.52. The fourth-order valence-electron chi connectivity index (χ4n) is 1.51. The smallest absolute Gasteiger partial charge is 0.106 e. The molecule has 0 radical (unpaired) electrons. The number of nitrogens with zero attached hydrogens (tertiary/aromatic N) is 2. The van der Waals surface area contributed by atoms with Crippen LogP contribution in [-0.4, -0.2) is 39.6 Å². The second-order valence-electron chi connectivity index (χ2n) is 4.16. The average molecular weight is 293 g/mol. The molecule has 0 bridgehead atoms. The Morgan fingerprint density at radius 2 is 2.33 bits per heavy atom. The van der Waals surface area contributed by atoms with Gasteiger partial charge in [0.15, 0.2) is 0 Å². The summed E-state index contributed by atoms with van der Waals surface area (Å²) < 4.78 is 6.73. The number of ether oxygens (including phenoxy) is 1. The van der Waals surface area contributed by atoms with E-state index >= 15 is 0 Å². The molecule has 0 fully saturated rings. The number of rotatable bonds is 8. The van der Waals surface area contributed by atoms with E-state index < -0.39 is 6.10 Å². The lowest BCUT2D eigenvalue weighted by molar-refractivity contribution is 0.166. The molecule has 1 aromatic rings. The minimum Gasteiger partial charge on any atom is -0.386 e. The van der Waals surface area contributed by atoms with Gasteiger partial charge in [-0.2, -0.15) is 16.9 Å². The normalized spacial score (nSPS) is 14.7. The van der Waals surface area contributed by atoms with Gasteiger partial charge in [-0.3, -0.25) is 4.68 Å². The Kier molecular flexibility index (Phi) is 7.07. The molecule has 0 aliphatic rings. The van der Waals surface area contributed by atoms with E-state index in [1.54, 1.807) is 29.8 Å². The zero-order chi connectivity index (χ0) is 13.5. The predicted molar refractivity (Wildman–Crippen MR) is 76.3 cm³/mol. The van der Waals surface area contributed by atoms with E-state index in [-0.39, 0.29) is 0 Å². The Morgan fingerprint density at radius 1 is 1.61 bits per heavy atom. The fourth-order valence-corrected chi connectivity index (χ4v) is 2.68. The number of aliphatic hydroxyl groups excluding tert-OH is 1. The van der Waals surface area contributed by atoms with Gasteiger partial charge in [0.1, 0.15) is 6.10 Å². The number of methoxy groups -OCH3 is 1. The maximum absolute atomic E-state index is 10.2. The van der Waals surface area contributed by atoms with Gasteiger partial charge in [0.05, 0.1) is 30.1 Å². The summed E-state index contributed by atoms with van der Waals surface area (Å²) in [6.45, 7) is 5.45. The van der Waals surface area contributed by atoms with E-state index in [1.807, 2.05) is 0 Å². The van der Waals surface area contributed by atoms with Crippen LogP contribution in [0.5, 0.6) is 0 Å². The molecule has 104 valence electrons. The molecule has 6 heteroatoms. The quantitative estimate of drug-likeness (QED) is 0.800. The average Bonchev–Trinajstić information content (AvgIpc) is 2.74. The summed E-state index contributed by atoms with van der Waals surface area (Å²) in [4.78, 5) is 0. The number of thioether (sulfide) groups is 1. The topological polar surface area (TPSA) is 47.3 Å². The molecular formula is C12H21ClN2O2S. The summed E-state index contributed by atoms with van der Waals surface area (Å²) in [7, 11) is 1.64. The third-order valence-corrected chi connectivity index (χ3v) is 4.47. The van der Waals surface area contributed by atoms with Gasteiger partial charge in [-0.25, -0.2) is 0 Å². The maximum atomic E-state index is 10.2. The van der Waals surface area contributed by atoms with Gasteiger partial charge in [-0.15, -0.1) is 0 Å². The van der Waals surface area contributed by atoms with Gasteiger partial charge in [0, 0.05) is 18.1 Å². The number of hydrogen-bond donors (Lipinski definition) is 1. The van der Waals surface area contributed by atoms with Crippen molar-refractivity contribution in [3.8, 4) is 0 Å². The van der Waals surface area contributed by atoms with Crippen molar-refractivity contribution < 1.29 is 9.84 Å². The van der Waals surface area contributed by atoms with Crippen molar-refractivity contribution in [1.29, 1.82) is 0 Å². The molecule has 4 nitrogen and oxygen atoms in total. The minimum atomic E-state index is -0.587. The Labute approximate surface area is 118 Å². The highest BCUT2D eigenvalue weighted by Crippen LogP contribution is 2.27. The number of hydrogen-bond acceptors (Lipinski definition) is 4. The first-order chi connectivity index (χ1) is 8.60. The van der Waals surface area contributed by atoms with E-state index in [4.69, 9.17) is 16.3 Å². The lowest BCUT2D eigenvalue weighted by Gasteiger charge is -2.15. The predicted octanol–water partition coefficient (Wildman–Crippen LogP) is 2.75. The Morgan fingerprint density at radius 3 is 2.94 bits per heavy atom. The number of aliphatic hydroxyl groups is 1. The van der Waals surface area contributed by atoms with Crippen molar-refractivity contribution in [3.63, 3.8) is 0 Å². The molecule has 0 amide bonds. The third-order valence-electron chi connectivity index (χ3n) is 2.77. The summed E-state index contributed by atoms with van der Waals surface area (Å²) in [5.41, 5.74) is 0.685. The summed E-state index contributed by atoms with van der Waals surface area (Å²) in [5, 5.41) is 15.4. The highest BCUT2D eigenvalue weighted by Gasteiger charge is 2.18. The molecule has 0 aliphatic heterocycles. The van der Waals surface area contributed by atoms with Crippen LogP contribution in [0.25, 0.3) is 0 Å². The molecule has 1 rings (SSSR count). The van der Waals surface area contributed by atoms with Gasteiger partial charge < -0.3 is 9.84 Å². The molecule has 0 aromatic carbocycles. The first kappa shape index (κ1) is 15.8. The van der Waals surface area contributed by atoms with Gasteiger partial charge in [-0.05, 0) is 6.42 Å². The molecule has 1 aromatic heterocycles. The van der Waals surface area contributed by atoms with Crippen LogP contribution in [0, 0.1) is 0 Å². The minimum absolute atomic E-state index is 0.517. The van der Waals surface area contributed by atoms with Crippen LogP contribution in [0.3, 0.4) is 0 Å². The SMILES string of the molecule is CCC(C)SCC(O)c1c(Cl)cnn1CCOC. The molecule has 0 saturated carbocycles. The van der Waals surface area contributed by atoms with E-state index in [1.165, 1.54) is 0 Å². The van der Waals surface area contributed by atoms with Crippen LogP contribution < -0.4 is 0 Å². The van der Waals surface area contributed by atoms with Crippen LogP contribution in [0.2, 0.25) is 5.02 Å². The lowest BCUT2D eigenvalue weighted by atomic mass is 10.3. The lowest BCUT2D eigenvalue weighted by Crippen LogP contribution is -2.15. The first-order valence-electron chi connectivity index (χ1n) is 6.09. The molecule has 2 atom stereocenters. The highest BCUT2D eigenvalue weighted by atomic mass is 35.5. The molecular weight excluding hydrogens is 272 g/mol. The molecule has 2 unspecified atom stereocenters. The summed E-state index contributed by atoms with van der Waals surface area (Å²) in [6.07, 6.45) is 2.08. The fraction of sp³-hybridized carbons (Fsp3) is 0.750. The zero-order valence-electron chi connectivity index (χ0n) is 11.1. The van der Waals surface area contributed by atoms with Crippen molar-refractivity contribution in [1.82, 2.24) is 9.78 Å². The Balaban J connectivity index is 2.65. The van der Waals surface area contributed by atoms with Crippen molar-refractivity contribution in [2.75, 3.05) is 19.5 Å². The van der Waals surface area contributed by atoms with E-state index in [0.29, 0.717) is 34.9 Å². The van der Waals surface area contributed by atoms with Crippen LogP contribution in [0.1, 0.15) is 32.1 Å². The van der Waals surface area contributed by atoms with E-state index in [0.717, 1.165) is 6.42 Å². The Bertz CT molecular complexity index is 360. The van der Waals surface area contributed by atoms with Gasteiger partial charge in [0.25, 0.3) is 0 Å². The van der Waals surface area contributed by atoms with Gasteiger partial charge in [-0.1, -0.05) is 25.4 Å². The van der Waals surface area contributed by atoms with Crippen LogP contribution in [0.15, 0.2) is 6.20 Å². The standard InChI is InChI=1S/C12H21ClN2O2S/c1-4-9(2)18-8-11(16)12-10(13)7-14-15(12)5-6-17-3/h7,9,11,16H,4-6,8H2,1-3H3. The maximum Gasteiger partial charge on any atom is 0.106 e. The number of halogens is 1. The summed E-state index contributed by atoms with van der Waals surface area (Å²) in [6, 6.07) is 0. The summed E-state index contributed by atoms with van der Waals surface area (Å²) >= 11 is 7.82. The monoisotopic (exact) mass is 292 g/mol. The van der Waals surface area contributed by atoms with Crippen molar-refractivity contribution in [3.05, 3.63) is 16.9 Å². The van der Waals surface area contributed by atoms with Crippen LogP contribution in [0.4, 0.5) is 0 Å². The second kappa shape index (κ2) is 8.04. The molecule has 0 saturated heterocycles. The molecule has 1 heterocycles. The zero-order valence-corrected chi connectivity index (χ0v) is 12.7.